The summed E-state index contributed by atoms with van der Waals surface area (Å²) in [5.41, 5.74) is 0.800. The number of benzene rings is 2. The molecule has 2 aromatic rings. The van der Waals surface area contributed by atoms with Crippen LogP contribution in [0.25, 0.3) is 0 Å². The summed E-state index contributed by atoms with van der Waals surface area (Å²) in [4.78, 5) is 25.3. The van der Waals surface area contributed by atoms with Gasteiger partial charge in [-0.1, -0.05) is 36.4 Å². The minimum absolute atomic E-state index is 0.157. The minimum atomic E-state index is -0.365. The van der Waals surface area contributed by atoms with Crippen LogP contribution in [0.4, 0.5) is 21.0 Å². The number of nitrogens with one attached hydrogen (secondary N) is 2. The monoisotopic (exact) mass is 408 g/mol. The molecule has 2 unspecified atom stereocenters. The van der Waals surface area contributed by atoms with Gasteiger partial charge in [0.05, 0.1) is 0 Å². The van der Waals surface area contributed by atoms with Crippen LogP contribution >= 0.6 is 0 Å². The van der Waals surface area contributed by atoms with Crippen molar-refractivity contribution in [3.63, 3.8) is 0 Å². The van der Waals surface area contributed by atoms with Gasteiger partial charge < -0.3 is 10.6 Å². The fourth-order valence-corrected chi connectivity index (χ4v) is 3.91. The molecule has 2 fully saturated rings. The second-order valence-corrected chi connectivity index (χ2v) is 8.45. The minimum Gasteiger partial charge on any atom is -0.307 e. The third kappa shape index (κ3) is 3.71. The van der Waals surface area contributed by atoms with Crippen LogP contribution in [0.1, 0.15) is 27.7 Å². The van der Waals surface area contributed by atoms with E-state index >= 15 is 0 Å². The van der Waals surface area contributed by atoms with E-state index in [4.69, 9.17) is 0 Å². The van der Waals surface area contributed by atoms with Crippen LogP contribution in [-0.4, -0.2) is 56.5 Å². The number of hydrogen-bond acceptors (Lipinski definition) is 4. The van der Waals surface area contributed by atoms with Gasteiger partial charge in [0.2, 0.25) is 0 Å². The standard InChI is InChI=1S/C22H28N6O2/c1-21(2)25(27(21)19(29)23-17-11-7-5-8-12-17)15-16-26-22(3,4)28(26)20(30)24-18-13-9-6-10-14-18/h5-14H,15-16H2,1-4H3,(H,23,29)(H,24,30). The molecule has 2 N–H and O–H groups in total. The van der Waals surface area contributed by atoms with E-state index in [2.05, 4.69) is 10.6 Å². The summed E-state index contributed by atoms with van der Waals surface area (Å²) >= 11 is 0. The molecule has 4 rings (SSSR count). The van der Waals surface area contributed by atoms with Gasteiger partial charge in [0, 0.05) is 24.5 Å². The first-order valence-electron chi connectivity index (χ1n) is 10.1. The largest absolute Gasteiger partial charge is 0.338 e. The zero-order chi connectivity index (χ0) is 21.5. The van der Waals surface area contributed by atoms with Crippen molar-refractivity contribution in [3.8, 4) is 0 Å². The molecule has 0 saturated carbocycles. The van der Waals surface area contributed by atoms with Gasteiger partial charge in [0.25, 0.3) is 0 Å². The van der Waals surface area contributed by atoms with Gasteiger partial charge in [-0.25, -0.2) is 19.6 Å². The molecule has 2 aliphatic rings. The zero-order valence-corrected chi connectivity index (χ0v) is 17.8. The summed E-state index contributed by atoms with van der Waals surface area (Å²) in [5.74, 6) is 0. The first-order chi connectivity index (χ1) is 14.2. The second-order valence-electron chi connectivity index (χ2n) is 8.45. The number of urea groups is 2. The van der Waals surface area contributed by atoms with Crippen molar-refractivity contribution in [2.24, 2.45) is 0 Å². The van der Waals surface area contributed by atoms with Gasteiger partial charge >= 0.3 is 12.1 Å². The third-order valence-corrected chi connectivity index (χ3v) is 5.66. The van der Waals surface area contributed by atoms with E-state index in [9.17, 15) is 9.59 Å². The average molecular weight is 409 g/mol. The number of nitrogens with zero attached hydrogens (tertiary/aromatic N) is 4. The van der Waals surface area contributed by atoms with Crippen LogP contribution in [0.3, 0.4) is 0 Å². The van der Waals surface area contributed by atoms with E-state index in [0.717, 1.165) is 11.4 Å². The lowest BCUT2D eigenvalue weighted by Crippen LogP contribution is -2.27. The molecule has 0 aliphatic carbocycles. The van der Waals surface area contributed by atoms with Crippen molar-refractivity contribution in [3.05, 3.63) is 60.7 Å². The first kappa shape index (κ1) is 20.2. The van der Waals surface area contributed by atoms with Crippen molar-refractivity contribution < 1.29 is 9.59 Å². The molecule has 8 heteroatoms. The lowest BCUT2D eigenvalue weighted by molar-refractivity contribution is 0.208. The Hall–Kier alpha value is -3.10. The molecule has 158 valence electrons. The zero-order valence-electron chi connectivity index (χ0n) is 17.8. The van der Waals surface area contributed by atoms with E-state index in [1.807, 2.05) is 98.4 Å². The quantitative estimate of drug-likeness (QED) is 0.734. The summed E-state index contributed by atoms with van der Waals surface area (Å²) in [6.07, 6.45) is 0. The summed E-state index contributed by atoms with van der Waals surface area (Å²) in [6.45, 7) is 9.28. The van der Waals surface area contributed by atoms with E-state index in [1.54, 1.807) is 10.0 Å². The van der Waals surface area contributed by atoms with Crippen molar-refractivity contribution >= 4 is 23.4 Å². The molecule has 0 aromatic heterocycles. The molecule has 0 spiro atoms. The Balaban J connectivity index is 1.32. The number of rotatable bonds is 5. The Morgan fingerprint density at radius 3 is 1.33 bits per heavy atom. The Morgan fingerprint density at radius 2 is 1.00 bits per heavy atom. The highest BCUT2D eigenvalue weighted by Gasteiger charge is 2.60. The van der Waals surface area contributed by atoms with Crippen LogP contribution in [0.2, 0.25) is 0 Å². The highest BCUT2D eigenvalue weighted by molar-refractivity contribution is 5.91. The topological polar surface area (TPSA) is 70.2 Å². The maximum absolute atomic E-state index is 12.6. The predicted molar refractivity (Wildman–Crippen MR) is 116 cm³/mol. The van der Waals surface area contributed by atoms with Gasteiger partial charge in [-0.15, -0.1) is 0 Å². The van der Waals surface area contributed by atoms with Gasteiger partial charge in [-0.05, 0) is 52.0 Å². The van der Waals surface area contributed by atoms with E-state index in [0.29, 0.717) is 13.1 Å². The fraction of sp³-hybridized carbons (Fsp3) is 0.364. The number of hydrogen-bond donors (Lipinski definition) is 2. The summed E-state index contributed by atoms with van der Waals surface area (Å²) in [6, 6.07) is 18.5. The number of anilines is 2. The lowest BCUT2D eigenvalue weighted by Gasteiger charge is -2.09. The summed E-state index contributed by atoms with van der Waals surface area (Å²) < 4.78 is 0. The predicted octanol–water partition coefficient (Wildman–Crippen LogP) is 3.99. The van der Waals surface area contributed by atoms with Crippen molar-refractivity contribution in [1.82, 2.24) is 20.0 Å². The number of carbonyl (C=O) groups is 2. The Kier molecular flexibility index (Phi) is 4.91. The average Bonchev–Trinajstić information content (AvgIpc) is 3.48. The van der Waals surface area contributed by atoms with Crippen molar-refractivity contribution in [2.75, 3.05) is 23.7 Å². The summed E-state index contributed by atoms with van der Waals surface area (Å²) in [5, 5.41) is 13.3. The molecule has 2 atom stereocenters. The molecule has 30 heavy (non-hydrogen) atoms. The Bertz CT molecular complexity index is 854. The molecule has 0 bridgehead atoms. The van der Waals surface area contributed by atoms with Crippen LogP contribution in [0.5, 0.6) is 0 Å². The Labute approximate surface area is 177 Å². The SMILES string of the molecule is CC1(C)N(CCN2N(C(=O)Nc3ccccc3)C2(C)C)N1C(=O)Nc1ccccc1. The lowest BCUT2D eigenvalue weighted by atomic mass is 10.3. The number of carbonyl (C=O) groups excluding carboxylic acids is 2. The maximum Gasteiger partial charge on any atom is 0.338 e. The van der Waals surface area contributed by atoms with Gasteiger partial charge in [-0.3, -0.25) is 0 Å². The van der Waals surface area contributed by atoms with E-state index < -0.39 is 0 Å². The van der Waals surface area contributed by atoms with Crippen LogP contribution in [0.15, 0.2) is 60.7 Å². The highest BCUT2D eigenvalue weighted by Crippen LogP contribution is 2.42. The van der Waals surface area contributed by atoms with Crippen molar-refractivity contribution in [1.29, 1.82) is 0 Å². The maximum atomic E-state index is 12.6. The molecule has 8 nitrogen and oxygen atoms in total. The van der Waals surface area contributed by atoms with Gasteiger partial charge in [0.15, 0.2) is 0 Å². The Morgan fingerprint density at radius 1 is 0.667 bits per heavy atom. The smallest absolute Gasteiger partial charge is 0.307 e. The molecule has 0 radical (unpaired) electrons. The van der Waals surface area contributed by atoms with E-state index in [-0.39, 0.29) is 23.4 Å². The molecule has 2 aromatic carbocycles. The number of hydrazine groups is 2. The van der Waals surface area contributed by atoms with Gasteiger partial charge in [-0.2, -0.15) is 10.0 Å². The van der Waals surface area contributed by atoms with Crippen LogP contribution in [-0.2, 0) is 0 Å². The molecule has 2 saturated heterocycles. The third-order valence-electron chi connectivity index (χ3n) is 5.66. The molecule has 2 heterocycles. The second kappa shape index (κ2) is 7.30. The molecular weight excluding hydrogens is 380 g/mol. The molecule has 2 aliphatic heterocycles. The number of amides is 4. The van der Waals surface area contributed by atoms with Crippen LogP contribution < -0.4 is 10.6 Å². The number of para-hydroxylation sites is 2. The van der Waals surface area contributed by atoms with Crippen LogP contribution in [0, 0.1) is 0 Å². The fourth-order valence-electron chi connectivity index (χ4n) is 3.91. The summed E-state index contributed by atoms with van der Waals surface area (Å²) in [7, 11) is 0. The first-order valence-corrected chi connectivity index (χ1v) is 10.1. The molecule has 4 amide bonds. The van der Waals surface area contributed by atoms with Crippen molar-refractivity contribution in [2.45, 2.75) is 39.0 Å². The van der Waals surface area contributed by atoms with E-state index in [1.165, 1.54) is 0 Å². The molecular formula is C22H28N6O2. The normalized spacial score (nSPS) is 22.9. The highest BCUT2D eigenvalue weighted by atomic mass is 16.2. The van der Waals surface area contributed by atoms with Gasteiger partial charge in [0.1, 0.15) is 11.3 Å².